The first-order chi connectivity index (χ1) is 13.0. The monoisotopic (exact) mass is 378 g/mol. The van der Waals surface area contributed by atoms with Crippen molar-refractivity contribution < 1.29 is 4.74 Å². The zero-order valence-electron chi connectivity index (χ0n) is 15.4. The van der Waals surface area contributed by atoms with E-state index >= 15 is 0 Å². The highest BCUT2D eigenvalue weighted by Crippen LogP contribution is 2.30. The second-order valence-corrected chi connectivity index (χ2v) is 6.96. The number of imidazole rings is 1. The lowest BCUT2D eigenvalue weighted by Crippen LogP contribution is -1.98. The summed E-state index contributed by atoms with van der Waals surface area (Å²) in [6.45, 7) is 4.63. The third-order valence-corrected chi connectivity index (χ3v) is 4.66. The Hall–Kier alpha value is -2.92. The van der Waals surface area contributed by atoms with Crippen LogP contribution in [0.2, 0.25) is 5.28 Å². The van der Waals surface area contributed by atoms with Crippen molar-refractivity contribution in [3.05, 3.63) is 70.8 Å². The van der Waals surface area contributed by atoms with Crippen LogP contribution in [-0.2, 0) is 13.7 Å². The first-order valence-electron chi connectivity index (χ1n) is 8.65. The predicted molar refractivity (Wildman–Crippen MR) is 107 cm³/mol. The van der Waals surface area contributed by atoms with Crippen LogP contribution in [0.25, 0.3) is 22.4 Å². The van der Waals surface area contributed by atoms with Gasteiger partial charge in [0.25, 0.3) is 0 Å². The molecule has 2 aromatic heterocycles. The fourth-order valence-electron chi connectivity index (χ4n) is 2.99. The van der Waals surface area contributed by atoms with Gasteiger partial charge in [-0.3, -0.25) is 0 Å². The fourth-order valence-corrected chi connectivity index (χ4v) is 3.15. The number of halogens is 1. The normalized spacial score (nSPS) is 11.1. The first-order valence-corrected chi connectivity index (χ1v) is 9.03. The van der Waals surface area contributed by atoms with Gasteiger partial charge in [-0.25, -0.2) is 9.97 Å². The van der Waals surface area contributed by atoms with Gasteiger partial charge in [-0.2, -0.15) is 4.98 Å². The van der Waals surface area contributed by atoms with Crippen LogP contribution < -0.4 is 4.74 Å². The summed E-state index contributed by atoms with van der Waals surface area (Å²) in [5.41, 5.74) is 6.50. The van der Waals surface area contributed by atoms with Gasteiger partial charge in [-0.05, 0) is 54.8 Å². The molecule has 0 unspecified atom stereocenters. The summed E-state index contributed by atoms with van der Waals surface area (Å²) in [4.78, 5) is 13.1. The Kier molecular flexibility index (Phi) is 4.54. The van der Waals surface area contributed by atoms with Crippen LogP contribution in [0.3, 0.4) is 0 Å². The third kappa shape index (κ3) is 3.51. The molecule has 2 heterocycles. The lowest BCUT2D eigenvalue weighted by atomic mass is 10.1. The number of aryl methyl sites for hydroxylation is 3. The molecule has 0 saturated carbocycles. The molecule has 5 nitrogen and oxygen atoms in total. The van der Waals surface area contributed by atoms with Crippen molar-refractivity contribution in [2.24, 2.45) is 7.05 Å². The molecule has 0 atom stereocenters. The highest BCUT2D eigenvalue weighted by molar-refractivity contribution is 6.28. The van der Waals surface area contributed by atoms with Gasteiger partial charge >= 0.3 is 0 Å². The van der Waals surface area contributed by atoms with Crippen LogP contribution in [-0.4, -0.2) is 19.5 Å². The van der Waals surface area contributed by atoms with E-state index in [-0.39, 0.29) is 5.28 Å². The van der Waals surface area contributed by atoms with Gasteiger partial charge in [0.15, 0.2) is 5.65 Å². The van der Waals surface area contributed by atoms with Crippen LogP contribution in [0.5, 0.6) is 5.75 Å². The number of fused-ring (bicyclic) bond motifs is 1. The van der Waals surface area contributed by atoms with Gasteiger partial charge in [-0.15, -0.1) is 0 Å². The maximum atomic E-state index is 6.11. The van der Waals surface area contributed by atoms with Crippen molar-refractivity contribution in [2.75, 3.05) is 0 Å². The molecule has 0 amide bonds. The van der Waals surface area contributed by atoms with Gasteiger partial charge in [-0.1, -0.05) is 29.8 Å². The van der Waals surface area contributed by atoms with Gasteiger partial charge in [0.05, 0.1) is 6.33 Å². The molecule has 0 N–H and O–H groups in total. The highest BCUT2D eigenvalue weighted by Gasteiger charge is 2.14. The molecule has 0 aliphatic carbocycles. The number of benzene rings is 2. The molecule has 27 heavy (non-hydrogen) atoms. The number of hydrogen-bond acceptors (Lipinski definition) is 4. The molecule has 0 bridgehead atoms. The van der Waals surface area contributed by atoms with E-state index in [2.05, 4.69) is 46.1 Å². The Morgan fingerprint density at radius 2 is 1.81 bits per heavy atom. The molecule has 0 spiro atoms. The van der Waals surface area contributed by atoms with Gasteiger partial charge in [0.1, 0.15) is 23.6 Å². The van der Waals surface area contributed by atoms with Crippen molar-refractivity contribution in [3.63, 3.8) is 0 Å². The summed E-state index contributed by atoms with van der Waals surface area (Å²) >= 11 is 6.11. The van der Waals surface area contributed by atoms with Crippen LogP contribution in [0, 0.1) is 13.8 Å². The zero-order valence-corrected chi connectivity index (χ0v) is 16.2. The average Bonchev–Trinajstić information content (AvgIpc) is 3.02. The minimum atomic E-state index is 0.207. The summed E-state index contributed by atoms with van der Waals surface area (Å²) in [5.74, 6) is 0.844. The lowest BCUT2D eigenvalue weighted by molar-refractivity contribution is 0.304. The molecule has 2 aromatic carbocycles. The Bertz CT molecular complexity index is 1120. The van der Waals surface area contributed by atoms with Crippen molar-refractivity contribution in [2.45, 2.75) is 20.5 Å². The number of ether oxygens (including phenoxy) is 1. The SMILES string of the molecule is Cc1ccc(COc2ccc(-c3nc(Cl)nc4c3ncn4C)cc2C)cc1. The van der Waals surface area contributed by atoms with E-state index in [0.717, 1.165) is 33.7 Å². The van der Waals surface area contributed by atoms with Crippen LogP contribution in [0.1, 0.15) is 16.7 Å². The van der Waals surface area contributed by atoms with Crippen molar-refractivity contribution in [3.8, 4) is 17.0 Å². The second-order valence-electron chi connectivity index (χ2n) is 6.62. The van der Waals surface area contributed by atoms with Crippen LogP contribution in [0.4, 0.5) is 0 Å². The maximum Gasteiger partial charge on any atom is 0.225 e. The van der Waals surface area contributed by atoms with Crippen LogP contribution >= 0.6 is 11.6 Å². The minimum absolute atomic E-state index is 0.207. The van der Waals surface area contributed by atoms with E-state index in [9.17, 15) is 0 Å². The Morgan fingerprint density at radius 3 is 2.56 bits per heavy atom. The molecular weight excluding hydrogens is 360 g/mol. The Labute approximate surface area is 162 Å². The number of rotatable bonds is 4. The molecule has 0 saturated heterocycles. The van der Waals surface area contributed by atoms with Gasteiger partial charge in [0.2, 0.25) is 5.28 Å². The smallest absolute Gasteiger partial charge is 0.225 e. The molecule has 0 aliphatic heterocycles. The van der Waals surface area contributed by atoms with E-state index in [0.29, 0.717) is 12.3 Å². The van der Waals surface area contributed by atoms with E-state index in [1.165, 1.54) is 5.56 Å². The lowest BCUT2D eigenvalue weighted by Gasteiger charge is -2.11. The molecule has 4 aromatic rings. The molecule has 6 heteroatoms. The largest absolute Gasteiger partial charge is 0.489 e. The van der Waals surface area contributed by atoms with E-state index in [1.54, 1.807) is 6.33 Å². The molecule has 0 fully saturated rings. The fraction of sp³-hybridized carbons (Fsp3) is 0.190. The Balaban J connectivity index is 1.63. The first kappa shape index (κ1) is 17.5. The number of nitrogens with zero attached hydrogens (tertiary/aromatic N) is 4. The molecule has 4 rings (SSSR count). The summed E-state index contributed by atoms with van der Waals surface area (Å²) in [5, 5.41) is 0.207. The topological polar surface area (TPSA) is 52.8 Å². The van der Waals surface area contributed by atoms with Crippen molar-refractivity contribution >= 4 is 22.8 Å². The summed E-state index contributed by atoms with van der Waals surface area (Å²) < 4.78 is 7.82. The molecule has 136 valence electrons. The number of aromatic nitrogens is 4. The van der Waals surface area contributed by atoms with Gasteiger partial charge < -0.3 is 9.30 Å². The maximum absolute atomic E-state index is 6.11. The Morgan fingerprint density at radius 1 is 1.04 bits per heavy atom. The summed E-state index contributed by atoms with van der Waals surface area (Å²) in [6, 6.07) is 14.3. The molecule has 0 aliphatic rings. The second kappa shape index (κ2) is 7.00. The van der Waals surface area contributed by atoms with Crippen LogP contribution in [0.15, 0.2) is 48.8 Å². The molecular formula is C21H19ClN4O. The van der Waals surface area contributed by atoms with Crippen molar-refractivity contribution in [1.29, 1.82) is 0 Å². The van der Waals surface area contributed by atoms with E-state index < -0.39 is 0 Å². The average molecular weight is 379 g/mol. The van der Waals surface area contributed by atoms with Crippen molar-refractivity contribution in [1.82, 2.24) is 19.5 Å². The molecule has 0 radical (unpaired) electrons. The standard InChI is InChI=1S/C21H19ClN4O/c1-13-4-6-15(7-5-13)11-27-17-9-8-16(10-14(17)2)18-19-20(25-21(22)24-18)26(3)12-23-19/h4-10,12H,11H2,1-3H3. The predicted octanol–water partition coefficient (Wildman–Crippen LogP) is 4.88. The summed E-state index contributed by atoms with van der Waals surface area (Å²) in [7, 11) is 1.88. The number of hydrogen-bond donors (Lipinski definition) is 0. The minimum Gasteiger partial charge on any atom is -0.489 e. The van der Waals surface area contributed by atoms with E-state index in [1.807, 2.05) is 36.7 Å². The van der Waals surface area contributed by atoms with E-state index in [4.69, 9.17) is 16.3 Å². The zero-order chi connectivity index (χ0) is 19.0. The quantitative estimate of drug-likeness (QED) is 0.475. The van der Waals surface area contributed by atoms with Gasteiger partial charge in [0, 0.05) is 12.6 Å². The third-order valence-electron chi connectivity index (χ3n) is 4.50. The summed E-state index contributed by atoms with van der Waals surface area (Å²) in [6.07, 6.45) is 1.71. The highest BCUT2D eigenvalue weighted by atomic mass is 35.5.